The van der Waals surface area contributed by atoms with Gasteiger partial charge in [0.1, 0.15) is 0 Å². The van der Waals surface area contributed by atoms with E-state index in [4.69, 9.17) is 16.6 Å². The van der Waals surface area contributed by atoms with Crippen LogP contribution < -0.4 is 0 Å². The number of rotatable bonds is 3. The summed E-state index contributed by atoms with van der Waals surface area (Å²) < 4.78 is 1.94. The first-order valence-electron chi connectivity index (χ1n) is 10.1. The summed E-state index contributed by atoms with van der Waals surface area (Å²) in [6, 6.07) is 14.8. The molecular weight excluding hydrogens is 394 g/mol. The lowest BCUT2D eigenvalue weighted by Gasteiger charge is -2.32. The van der Waals surface area contributed by atoms with Crippen molar-refractivity contribution in [1.82, 2.24) is 19.8 Å². The summed E-state index contributed by atoms with van der Waals surface area (Å²) >= 11 is 6.08. The molecule has 0 bridgehead atoms. The Morgan fingerprint density at radius 1 is 1.07 bits per heavy atom. The molecule has 0 N–H and O–H groups in total. The third kappa shape index (κ3) is 3.06. The number of fused-ring (bicyclic) bond motifs is 2. The van der Waals surface area contributed by atoms with Crippen LogP contribution in [0.3, 0.4) is 0 Å². The van der Waals surface area contributed by atoms with Crippen molar-refractivity contribution >= 4 is 33.8 Å². The highest BCUT2D eigenvalue weighted by Gasteiger charge is 2.37. The topological polar surface area (TPSA) is 36.7 Å². The van der Waals surface area contributed by atoms with Crippen molar-refractivity contribution in [2.24, 2.45) is 12.0 Å². The van der Waals surface area contributed by atoms with Crippen molar-refractivity contribution in [3.8, 4) is 0 Å². The summed E-state index contributed by atoms with van der Waals surface area (Å²) in [5.74, 6) is 0.998. The Hall–Kier alpha value is -2.89. The molecule has 1 atom stereocenters. The van der Waals surface area contributed by atoms with E-state index in [2.05, 4.69) is 71.6 Å². The van der Waals surface area contributed by atoms with Crippen molar-refractivity contribution in [2.45, 2.75) is 33.4 Å². The zero-order valence-corrected chi connectivity index (χ0v) is 18.4. The van der Waals surface area contributed by atoms with Gasteiger partial charge in [-0.3, -0.25) is 9.69 Å². The van der Waals surface area contributed by atoms with Crippen LogP contribution in [0.1, 0.15) is 30.7 Å². The lowest BCUT2D eigenvalue weighted by Crippen LogP contribution is -2.38. The van der Waals surface area contributed by atoms with E-state index in [9.17, 15) is 0 Å². The molecular formula is C24H24ClN5. The van der Waals surface area contributed by atoms with E-state index in [-0.39, 0.29) is 6.04 Å². The molecule has 0 saturated carbocycles. The summed E-state index contributed by atoms with van der Waals surface area (Å²) in [5.41, 5.74) is 6.84. The lowest BCUT2D eigenvalue weighted by atomic mass is 9.98. The second-order valence-electron chi connectivity index (χ2n) is 7.99. The molecule has 30 heavy (non-hydrogen) atoms. The molecule has 2 aromatic carbocycles. The first-order valence-corrected chi connectivity index (χ1v) is 10.5. The standard InChI is InChI=1S/C24H24ClN5/c1-15-11-12-29-24(26-15)23(17(3)30(29)14-18-5-8-20(25)9-6-18)19-7-10-22-21(13-19)16(2)27-28(22)4/h5-13,17H,14H2,1-4H3. The van der Waals surface area contributed by atoms with Crippen LogP contribution in [0.15, 0.2) is 65.6 Å². The highest BCUT2D eigenvalue weighted by atomic mass is 35.5. The Morgan fingerprint density at radius 2 is 1.83 bits per heavy atom. The molecule has 0 spiro atoms. The second kappa shape index (κ2) is 7.11. The molecule has 0 fully saturated rings. The maximum atomic E-state index is 6.08. The van der Waals surface area contributed by atoms with Crippen LogP contribution >= 0.6 is 11.6 Å². The predicted octanol–water partition coefficient (Wildman–Crippen LogP) is 5.31. The van der Waals surface area contributed by atoms with E-state index < -0.39 is 0 Å². The van der Waals surface area contributed by atoms with Gasteiger partial charge in [0, 0.05) is 41.5 Å². The predicted molar refractivity (Wildman–Crippen MR) is 123 cm³/mol. The SMILES string of the molecule is CC1=NC2=C(c3ccc4c(c3)c(C)nn4C)C(C)N(Cc3ccc(Cl)cc3)N2C=C1. The van der Waals surface area contributed by atoms with E-state index >= 15 is 0 Å². The summed E-state index contributed by atoms with van der Waals surface area (Å²) in [6.07, 6.45) is 4.17. The van der Waals surface area contributed by atoms with Gasteiger partial charge < -0.3 is 0 Å². The molecule has 5 nitrogen and oxygen atoms in total. The van der Waals surface area contributed by atoms with Crippen LogP contribution in [-0.2, 0) is 13.6 Å². The molecule has 3 heterocycles. The average molecular weight is 418 g/mol. The highest BCUT2D eigenvalue weighted by Crippen LogP contribution is 2.40. The summed E-state index contributed by atoms with van der Waals surface area (Å²) in [6.45, 7) is 7.13. The number of aryl methyl sites for hydroxylation is 2. The molecule has 0 amide bonds. The van der Waals surface area contributed by atoms with Crippen LogP contribution in [0.25, 0.3) is 16.5 Å². The van der Waals surface area contributed by atoms with Gasteiger partial charge in [-0.05, 0) is 62.2 Å². The summed E-state index contributed by atoms with van der Waals surface area (Å²) in [4.78, 5) is 4.92. The summed E-state index contributed by atoms with van der Waals surface area (Å²) in [5, 5.41) is 11.0. The molecule has 1 unspecified atom stereocenters. The number of halogens is 1. The fraction of sp³-hybridized carbons (Fsp3) is 0.250. The number of hydrogen-bond donors (Lipinski definition) is 0. The third-order valence-corrected chi connectivity index (χ3v) is 6.19. The zero-order valence-electron chi connectivity index (χ0n) is 17.6. The van der Waals surface area contributed by atoms with Crippen molar-refractivity contribution < 1.29 is 0 Å². The van der Waals surface area contributed by atoms with Crippen molar-refractivity contribution in [3.05, 3.63) is 82.4 Å². The van der Waals surface area contributed by atoms with Crippen molar-refractivity contribution in [1.29, 1.82) is 0 Å². The Bertz CT molecular complexity index is 1230. The molecule has 3 aromatic rings. The quantitative estimate of drug-likeness (QED) is 0.579. The molecule has 152 valence electrons. The number of hydrazine groups is 1. The van der Waals surface area contributed by atoms with Crippen molar-refractivity contribution in [3.63, 3.8) is 0 Å². The van der Waals surface area contributed by atoms with Gasteiger partial charge >= 0.3 is 0 Å². The van der Waals surface area contributed by atoms with Crippen LogP contribution in [-0.4, -0.2) is 31.6 Å². The normalized spacial score (nSPS) is 19.0. The number of hydrogen-bond acceptors (Lipinski definition) is 4. The molecule has 0 aliphatic carbocycles. The molecule has 0 saturated heterocycles. The fourth-order valence-corrected chi connectivity index (χ4v) is 4.51. The van der Waals surface area contributed by atoms with Crippen LogP contribution in [0.4, 0.5) is 0 Å². The number of benzene rings is 2. The van der Waals surface area contributed by atoms with Gasteiger partial charge in [-0.25, -0.2) is 10.0 Å². The number of allylic oxidation sites excluding steroid dienone is 1. The monoisotopic (exact) mass is 417 g/mol. The van der Waals surface area contributed by atoms with Gasteiger partial charge in [-0.1, -0.05) is 29.8 Å². The van der Waals surface area contributed by atoms with Gasteiger partial charge in [0.25, 0.3) is 0 Å². The van der Waals surface area contributed by atoms with Crippen LogP contribution in [0, 0.1) is 6.92 Å². The minimum Gasteiger partial charge on any atom is -0.268 e. The van der Waals surface area contributed by atoms with E-state index in [1.807, 2.05) is 30.8 Å². The second-order valence-corrected chi connectivity index (χ2v) is 8.43. The van der Waals surface area contributed by atoms with E-state index in [1.165, 1.54) is 22.1 Å². The third-order valence-electron chi connectivity index (χ3n) is 5.94. The maximum absolute atomic E-state index is 6.08. The highest BCUT2D eigenvalue weighted by molar-refractivity contribution is 6.30. The minimum absolute atomic E-state index is 0.171. The fourth-order valence-electron chi connectivity index (χ4n) is 4.39. The maximum Gasteiger partial charge on any atom is 0.152 e. The Kier molecular flexibility index (Phi) is 4.53. The van der Waals surface area contributed by atoms with Gasteiger partial charge in [0.15, 0.2) is 5.82 Å². The molecule has 1 aromatic heterocycles. The smallest absolute Gasteiger partial charge is 0.152 e. The lowest BCUT2D eigenvalue weighted by molar-refractivity contribution is 0.0469. The average Bonchev–Trinajstić information content (AvgIpc) is 3.16. The molecule has 2 aliphatic rings. The molecule has 5 rings (SSSR count). The first-order chi connectivity index (χ1) is 14.4. The summed E-state index contributed by atoms with van der Waals surface area (Å²) in [7, 11) is 1.99. The van der Waals surface area contributed by atoms with Gasteiger partial charge in [0.2, 0.25) is 0 Å². The van der Waals surface area contributed by atoms with Crippen molar-refractivity contribution in [2.75, 3.05) is 0 Å². The Balaban J connectivity index is 1.59. The number of aromatic nitrogens is 2. The van der Waals surface area contributed by atoms with E-state index in [0.717, 1.165) is 34.3 Å². The number of nitrogens with zero attached hydrogens (tertiary/aromatic N) is 5. The minimum atomic E-state index is 0.171. The number of aliphatic imine (C=N–C) groups is 1. The van der Waals surface area contributed by atoms with Gasteiger partial charge in [0.05, 0.1) is 17.3 Å². The van der Waals surface area contributed by atoms with E-state index in [0.29, 0.717) is 0 Å². The molecule has 0 radical (unpaired) electrons. The Morgan fingerprint density at radius 3 is 2.60 bits per heavy atom. The van der Waals surface area contributed by atoms with Crippen LogP contribution in [0.5, 0.6) is 0 Å². The largest absolute Gasteiger partial charge is 0.268 e. The Labute approximate surface area is 181 Å². The van der Waals surface area contributed by atoms with E-state index in [1.54, 1.807) is 0 Å². The van der Waals surface area contributed by atoms with Gasteiger partial charge in [-0.2, -0.15) is 5.10 Å². The molecule has 6 heteroatoms. The van der Waals surface area contributed by atoms with Crippen LogP contribution in [0.2, 0.25) is 5.02 Å². The first kappa shape index (κ1) is 19.1. The van der Waals surface area contributed by atoms with Gasteiger partial charge in [-0.15, -0.1) is 0 Å². The molecule has 2 aliphatic heterocycles. The zero-order chi connectivity index (χ0) is 21.0.